The van der Waals surface area contributed by atoms with E-state index in [4.69, 9.17) is 9.94 Å². The van der Waals surface area contributed by atoms with Gasteiger partial charge in [0, 0.05) is 11.6 Å². The lowest BCUT2D eigenvalue weighted by Crippen LogP contribution is -2.51. The van der Waals surface area contributed by atoms with Gasteiger partial charge in [-0.25, -0.2) is 5.48 Å². The van der Waals surface area contributed by atoms with Gasteiger partial charge < -0.3 is 15.2 Å². The van der Waals surface area contributed by atoms with Crippen molar-refractivity contribution in [2.75, 3.05) is 0 Å². The number of carbonyl (C=O) groups is 2. The molecule has 0 aliphatic heterocycles. The van der Waals surface area contributed by atoms with Crippen molar-refractivity contribution < 1.29 is 29.6 Å². The first-order valence-corrected chi connectivity index (χ1v) is 8.21. The number of carbonyl (C=O) groups excluding carboxylic acids is 2. The van der Waals surface area contributed by atoms with Gasteiger partial charge in [0.15, 0.2) is 0 Å². The number of rotatable bonds is 8. The minimum Gasteiger partial charge on any atom is -0.489 e. The summed E-state index contributed by atoms with van der Waals surface area (Å²) in [4.78, 5) is 33.9. The molecule has 0 spiro atoms. The number of nitro groups is 1. The first-order valence-electron chi connectivity index (χ1n) is 8.21. The van der Waals surface area contributed by atoms with Gasteiger partial charge in [0.25, 0.3) is 17.5 Å². The lowest BCUT2D eigenvalue weighted by molar-refractivity contribution is -0.384. The summed E-state index contributed by atoms with van der Waals surface area (Å²) in [5.41, 5.74) is 2.25. The van der Waals surface area contributed by atoms with Crippen molar-refractivity contribution in [3.05, 3.63) is 69.8 Å². The normalized spacial score (nSPS) is 12.5. The van der Waals surface area contributed by atoms with Crippen molar-refractivity contribution in [1.82, 2.24) is 10.8 Å². The highest BCUT2D eigenvalue weighted by Gasteiger charge is 2.25. The molecule has 2 aromatic carbocycles. The Kier molecular flexibility index (Phi) is 7.02. The molecular formula is C18H19N3O7. The van der Waals surface area contributed by atoms with E-state index in [0.717, 1.165) is 0 Å². The zero-order chi connectivity index (χ0) is 20.7. The maximum Gasteiger partial charge on any atom is 0.273 e. The molecule has 28 heavy (non-hydrogen) atoms. The van der Waals surface area contributed by atoms with Gasteiger partial charge in [0.2, 0.25) is 0 Å². The fourth-order valence-electron chi connectivity index (χ4n) is 2.31. The van der Waals surface area contributed by atoms with Gasteiger partial charge in [-0.2, -0.15) is 0 Å². The summed E-state index contributed by atoms with van der Waals surface area (Å²) in [7, 11) is 0. The first-order chi connectivity index (χ1) is 13.3. The van der Waals surface area contributed by atoms with Crippen LogP contribution >= 0.6 is 0 Å². The number of hydrogen-bond donors (Lipinski definition) is 4. The third-order valence-electron chi connectivity index (χ3n) is 3.81. The van der Waals surface area contributed by atoms with E-state index < -0.39 is 28.9 Å². The van der Waals surface area contributed by atoms with Crippen LogP contribution in [0, 0.1) is 10.1 Å². The topological polar surface area (TPSA) is 151 Å². The van der Waals surface area contributed by atoms with Gasteiger partial charge in [-0.3, -0.25) is 24.9 Å². The zero-order valence-electron chi connectivity index (χ0n) is 14.9. The predicted molar refractivity (Wildman–Crippen MR) is 96.7 cm³/mol. The number of hydroxylamine groups is 1. The van der Waals surface area contributed by atoms with Crippen LogP contribution in [-0.2, 0) is 11.4 Å². The molecule has 148 valence electrons. The highest BCUT2D eigenvalue weighted by molar-refractivity contribution is 5.97. The Morgan fingerprint density at radius 2 is 1.89 bits per heavy atom. The largest absolute Gasteiger partial charge is 0.489 e. The third kappa shape index (κ3) is 5.50. The van der Waals surface area contributed by atoms with Crippen LogP contribution in [0.3, 0.4) is 0 Å². The van der Waals surface area contributed by atoms with E-state index in [1.54, 1.807) is 18.2 Å². The number of benzene rings is 2. The van der Waals surface area contributed by atoms with Gasteiger partial charge in [0.05, 0.1) is 17.1 Å². The Morgan fingerprint density at radius 1 is 1.21 bits per heavy atom. The molecule has 2 aromatic rings. The SMILES string of the molecule is CC(O)C(NC(=O)c1ccc(COc2cccc([N+](=O)[O-])c2)cc1)C(=O)NO. The molecule has 2 rings (SSSR count). The van der Waals surface area contributed by atoms with Crippen LogP contribution in [0.2, 0.25) is 0 Å². The predicted octanol–water partition coefficient (Wildman–Crippen LogP) is 1.16. The Bertz CT molecular complexity index is 853. The Labute approximate surface area is 159 Å². The lowest BCUT2D eigenvalue weighted by Gasteiger charge is -2.19. The summed E-state index contributed by atoms with van der Waals surface area (Å²) < 4.78 is 5.51. The Morgan fingerprint density at radius 3 is 2.46 bits per heavy atom. The second-order valence-electron chi connectivity index (χ2n) is 5.91. The van der Waals surface area contributed by atoms with E-state index in [-0.39, 0.29) is 17.9 Å². The molecule has 0 aliphatic rings. The molecular weight excluding hydrogens is 370 g/mol. The fourth-order valence-corrected chi connectivity index (χ4v) is 2.31. The monoisotopic (exact) mass is 389 g/mol. The van der Waals surface area contributed by atoms with Gasteiger partial charge >= 0.3 is 0 Å². The van der Waals surface area contributed by atoms with Crippen molar-refractivity contribution in [2.45, 2.75) is 25.7 Å². The van der Waals surface area contributed by atoms with Crippen LogP contribution in [0.1, 0.15) is 22.8 Å². The van der Waals surface area contributed by atoms with Crippen LogP contribution in [0.25, 0.3) is 0 Å². The van der Waals surface area contributed by atoms with Crippen LogP contribution in [-0.4, -0.2) is 39.2 Å². The summed E-state index contributed by atoms with van der Waals surface area (Å²) in [6.07, 6.45) is -1.21. The van der Waals surface area contributed by atoms with Crippen LogP contribution in [0.4, 0.5) is 5.69 Å². The smallest absolute Gasteiger partial charge is 0.273 e. The van der Waals surface area contributed by atoms with Gasteiger partial charge in [-0.05, 0) is 30.7 Å². The summed E-state index contributed by atoms with van der Waals surface area (Å²) in [6.45, 7) is 1.43. The maximum atomic E-state index is 12.2. The van der Waals surface area contributed by atoms with Crippen LogP contribution < -0.4 is 15.5 Å². The van der Waals surface area contributed by atoms with E-state index in [0.29, 0.717) is 11.3 Å². The number of hydrogen-bond acceptors (Lipinski definition) is 7. The summed E-state index contributed by atoms with van der Waals surface area (Å²) >= 11 is 0. The molecule has 0 fully saturated rings. The number of nitrogens with zero attached hydrogens (tertiary/aromatic N) is 1. The summed E-state index contributed by atoms with van der Waals surface area (Å²) in [5, 5.41) is 31.3. The number of non-ortho nitro benzene ring substituents is 1. The number of aliphatic hydroxyl groups is 1. The molecule has 0 aromatic heterocycles. The van der Waals surface area contributed by atoms with E-state index in [1.807, 2.05) is 0 Å². The van der Waals surface area contributed by atoms with Crippen molar-refractivity contribution in [1.29, 1.82) is 0 Å². The Balaban J connectivity index is 1.99. The molecule has 10 heteroatoms. The number of nitro benzene ring substituents is 1. The van der Waals surface area contributed by atoms with E-state index in [1.165, 1.54) is 42.7 Å². The van der Waals surface area contributed by atoms with Gasteiger partial charge in [-0.15, -0.1) is 0 Å². The average Bonchev–Trinajstić information content (AvgIpc) is 2.70. The third-order valence-corrected chi connectivity index (χ3v) is 3.81. The second kappa shape index (κ2) is 9.44. The number of nitrogens with one attached hydrogen (secondary N) is 2. The average molecular weight is 389 g/mol. The lowest BCUT2D eigenvalue weighted by atomic mass is 10.1. The molecule has 0 saturated heterocycles. The maximum absolute atomic E-state index is 12.2. The van der Waals surface area contributed by atoms with Crippen molar-refractivity contribution in [3.63, 3.8) is 0 Å². The second-order valence-corrected chi connectivity index (χ2v) is 5.91. The number of aliphatic hydroxyl groups excluding tert-OH is 1. The molecule has 0 radical (unpaired) electrons. The van der Waals surface area contributed by atoms with Crippen molar-refractivity contribution in [3.8, 4) is 5.75 Å². The van der Waals surface area contributed by atoms with Gasteiger partial charge in [0.1, 0.15) is 18.4 Å². The summed E-state index contributed by atoms with van der Waals surface area (Å²) in [5.74, 6) is -1.21. The quantitative estimate of drug-likeness (QED) is 0.300. The fraction of sp³-hybridized carbons (Fsp3) is 0.222. The van der Waals surface area contributed by atoms with Crippen molar-refractivity contribution in [2.24, 2.45) is 0 Å². The standard InChI is InChI=1S/C18H19N3O7/c1-11(22)16(18(24)20-25)19-17(23)13-7-5-12(6-8-13)10-28-15-4-2-3-14(9-15)21(26)27/h2-9,11,16,22,25H,10H2,1H3,(H,19,23)(H,20,24). The highest BCUT2D eigenvalue weighted by atomic mass is 16.6. The number of amides is 2. The van der Waals surface area contributed by atoms with Crippen molar-refractivity contribution >= 4 is 17.5 Å². The molecule has 0 aliphatic carbocycles. The molecule has 0 heterocycles. The minimum absolute atomic E-state index is 0.0795. The van der Waals surface area contributed by atoms with E-state index in [2.05, 4.69) is 5.32 Å². The minimum atomic E-state index is -1.31. The molecule has 2 unspecified atom stereocenters. The summed E-state index contributed by atoms with van der Waals surface area (Å²) in [6, 6.07) is 10.7. The van der Waals surface area contributed by atoms with E-state index >= 15 is 0 Å². The van der Waals surface area contributed by atoms with Crippen LogP contribution in [0.5, 0.6) is 5.75 Å². The molecule has 2 atom stereocenters. The number of ether oxygens (including phenoxy) is 1. The highest BCUT2D eigenvalue weighted by Crippen LogP contribution is 2.20. The zero-order valence-corrected chi connectivity index (χ0v) is 14.9. The van der Waals surface area contributed by atoms with Gasteiger partial charge in [-0.1, -0.05) is 18.2 Å². The molecule has 2 amide bonds. The Hall–Kier alpha value is -3.50. The molecule has 0 bridgehead atoms. The molecule has 10 nitrogen and oxygen atoms in total. The molecule has 0 saturated carbocycles. The molecule has 4 N–H and O–H groups in total. The van der Waals surface area contributed by atoms with E-state index in [9.17, 15) is 24.8 Å². The first kappa shape index (κ1) is 20.8. The van der Waals surface area contributed by atoms with Crippen LogP contribution in [0.15, 0.2) is 48.5 Å².